The van der Waals surface area contributed by atoms with Gasteiger partial charge in [0, 0.05) is 24.2 Å². The molecule has 3 nitrogen and oxygen atoms in total. The lowest BCUT2D eigenvalue weighted by Crippen LogP contribution is -1.82. The molecule has 0 saturated heterocycles. The van der Waals surface area contributed by atoms with Gasteiger partial charge in [-0.3, -0.25) is 9.97 Å². The van der Waals surface area contributed by atoms with Crippen LogP contribution in [0.15, 0.2) is 61.1 Å². The standard InChI is InChI=1S/C18H13N3S/c1-12-4-6-15(20-10-12)18-21-16-9-13(5-7-17(16)22-18)14-3-2-8-19-11-14/h2-11H,1H3. The van der Waals surface area contributed by atoms with Crippen LogP contribution in [0, 0.1) is 6.92 Å². The lowest BCUT2D eigenvalue weighted by Gasteiger charge is -1.99. The maximum Gasteiger partial charge on any atom is 0.143 e. The molecule has 3 aromatic heterocycles. The summed E-state index contributed by atoms with van der Waals surface area (Å²) in [7, 11) is 0. The van der Waals surface area contributed by atoms with Crippen molar-refractivity contribution in [1.29, 1.82) is 0 Å². The smallest absolute Gasteiger partial charge is 0.143 e. The van der Waals surface area contributed by atoms with E-state index in [4.69, 9.17) is 4.98 Å². The summed E-state index contributed by atoms with van der Waals surface area (Å²) in [6.07, 6.45) is 5.53. The van der Waals surface area contributed by atoms with Crippen molar-refractivity contribution in [3.05, 3.63) is 66.6 Å². The summed E-state index contributed by atoms with van der Waals surface area (Å²) in [6, 6.07) is 14.4. The number of pyridine rings is 2. The zero-order valence-corrected chi connectivity index (χ0v) is 12.8. The molecule has 0 aliphatic rings. The van der Waals surface area contributed by atoms with Crippen LogP contribution in [-0.2, 0) is 0 Å². The summed E-state index contributed by atoms with van der Waals surface area (Å²) < 4.78 is 1.17. The van der Waals surface area contributed by atoms with Crippen molar-refractivity contribution in [3.8, 4) is 21.8 Å². The average molecular weight is 303 g/mol. The zero-order chi connectivity index (χ0) is 14.9. The molecular weight excluding hydrogens is 290 g/mol. The van der Waals surface area contributed by atoms with E-state index < -0.39 is 0 Å². The van der Waals surface area contributed by atoms with Gasteiger partial charge in [0.05, 0.1) is 15.9 Å². The summed E-state index contributed by atoms with van der Waals surface area (Å²) in [6.45, 7) is 2.04. The van der Waals surface area contributed by atoms with Gasteiger partial charge in [0.2, 0.25) is 0 Å². The summed E-state index contributed by atoms with van der Waals surface area (Å²) in [4.78, 5) is 13.4. The van der Waals surface area contributed by atoms with Gasteiger partial charge in [-0.1, -0.05) is 18.2 Å². The van der Waals surface area contributed by atoms with E-state index in [1.54, 1.807) is 17.5 Å². The SMILES string of the molecule is Cc1ccc(-c2nc3cc(-c4cccnc4)ccc3s2)nc1. The highest BCUT2D eigenvalue weighted by Gasteiger charge is 2.08. The monoisotopic (exact) mass is 303 g/mol. The highest BCUT2D eigenvalue weighted by atomic mass is 32.1. The van der Waals surface area contributed by atoms with Gasteiger partial charge >= 0.3 is 0 Å². The maximum atomic E-state index is 4.73. The van der Waals surface area contributed by atoms with Gasteiger partial charge in [-0.05, 0) is 42.3 Å². The second kappa shape index (κ2) is 5.31. The largest absolute Gasteiger partial charge is 0.264 e. The third-order valence-corrected chi connectivity index (χ3v) is 4.57. The molecule has 0 unspecified atom stereocenters. The Bertz CT molecular complexity index is 928. The van der Waals surface area contributed by atoms with Crippen LogP contribution < -0.4 is 0 Å². The Morgan fingerprint density at radius 2 is 1.91 bits per heavy atom. The van der Waals surface area contributed by atoms with Gasteiger partial charge < -0.3 is 0 Å². The first-order valence-electron chi connectivity index (χ1n) is 7.04. The van der Waals surface area contributed by atoms with E-state index in [9.17, 15) is 0 Å². The van der Waals surface area contributed by atoms with E-state index in [2.05, 4.69) is 40.3 Å². The van der Waals surface area contributed by atoms with Crippen LogP contribution in [0.1, 0.15) is 5.56 Å². The van der Waals surface area contributed by atoms with Crippen LogP contribution in [0.3, 0.4) is 0 Å². The molecule has 0 spiro atoms. The fraction of sp³-hybridized carbons (Fsp3) is 0.0556. The van der Waals surface area contributed by atoms with Crippen molar-refractivity contribution in [1.82, 2.24) is 15.0 Å². The second-order valence-electron chi connectivity index (χ2n) is 5.16. The Morgan fingerprint density at radius 3 is 2.68 bits per heavy atom. The number of rotatable bonds is 2. The van der Waals surface area contributed by atoms with Gasteiger partial charge in [0.25, 0.3) is 0 Å². The molecule has 4 aromatic rings. The molecule has 0 aliphatic carbocycles. The average Bonchev–Trinajstić information content (AvgIpc) is 2.99. The quantitative estimate of drug-likeness (QED) is 0.537. The van der Waals surface area contributed by atoms with Crippen molar-refractivity contribution in [2.24, 2.45) is 0 Å². The maximum absolute atomic E-state index is 4.73. The lowest BCUT2D eigenvalue weighted by atomic mass is 10.1. The van der Waals surface area contributed by atoms with Crippen molar-refractivity contribution in [2.45, 2.75) is 6.92 Å². The molecule has 1 aromatic carbocycles. The minimum absolute atomic E-state index is 0.926. The van der Waals surface area contributed by atoms with E-state index in [0.717, 1.165) is 32.9 Å². The van der Waals surface area contributed by atoms with Crippen molar-refractivity contribution >= 4 is 21.6 Å². The number of hydrogen-bond donors (Lipinski definition) is 0. The summed E-state index contributed by atoms with van der Waals surface area (Å²) in [5.74, 6) is 0. The number of aryl methyl sites for hydroxylation is 1. The van der Waals surface area contributed by atoms with Gasteiger partial charge in [0.15, 0.2) is 0 Å². The molecule has 4 heteroatoms. The number of benzene rings is 1. The Labute approximate surface area is 132 Å². The van der Waals surface area contributed by atoms with E-state index in [0.29, 0.717) is 0 Å². The van der Waals surface area contributed by atoms with E-state index in [-0.39, 0.29) is 0 Å². The lowest BCUT2D eigenvalue weighted by molar-refractivity contribution is 1.26. The van der Waals surface area contributed by atoms with E-state index in [1.807, 2.05) is 31.5 Å². The zero-order valence-electron chi connectivity index (χ0n) is 12.0. The molecule has 106 valence electrons. The van der Waals surface area contributed by atoms with Crippen LogP contribution in [0.25, 0.3) is 32.0 Å². The van der Waals surface area contributed by atoms with E-state index >= 15 is 0 Å². The summed E-state index contributed by atoms with van der Waals surface area (Å²) >= 11 is 1.67. The highest BCUT2D eigenvalue weighted by Crippen LogP contribution is 2.31. The molecular formula is C18H13N3S. The molecule has 0 N–H and O–H groups in total. The van der Waals surface area contributed by atoms with Crippen LogP contribution in [0.2, 0.25) is 0 Å². The number of nitrogens with zero attached hydrogens (tertiary/aromatic N) is 3. The predicted molar refractivity (Wildman–Crippen MR) is 90.8 cm³/mol. The molecule has 0 radical (unpaired) electrons. The van der Waals surface area contributed by atoms with Crippen LogP contribution in [-0.4, -0.2) is 15.0 Å². The molecule has 0 fully saturated rings. The Morgan fingerprint density at radius 1 is 0.955 bits per heavy atom. The second-order valence-corrected chi connectivity index (χ2v) is 6.19. The van der Waals surface area contributed by atoms with Crippen LogP contribution in [0.4, 0.5) is 0 Å². The van der Waals surface area contributed by atoms with E-state index in [1.165, 1.54) is 4.70 Å². The van der Waals surface area contributed by atoms with Gasteiger partial charge in [-0.25, -0.2) is 4.98 Å². The first-order chi connectivity index (χ1) is 10.8. The fourth-order valence-electron chi connectivity index (χ4n) is 2.34. The third-order valence-electron chi connectivity index (χ3n) is 3.51. The molecule has 0 amide bonds. The van der Waals surface area contributed by atoms with Crippen LogP contribution in [0.5, 0.6) is 0 Å². The van der Waals surface area contributed by atoms with Crippen molar-refractivity contribution in [3.63, 3.8) is 0 Å². The van der Waals surface area contributed by atoms with Crippen molar-refractivity contribution in [2.75, 3.05) is 0 Å². The number of thiazole rings is 1. The summed E-state index contributed by atoms with van der Waals surface area (Å²) in [5, 5.41) is 0.957. The molecule has 3 heterocycles. The molecule has 0 aliphatic heterocycles. The molecule has 4 rings (SSSR count). The van der Waals surface area contributed by atoms with Gasteiger partial charge in [-0.2, -0.15) is 0 Å². The predicted octanol–water partition coefficient (Wildman–Crippen LogP) is 4.73. The number of hydrogen-bond acceptors (Lipinski definition) is 4. The minimum Gasteiger partial charge on any atom is -0.264 e. The Kier molecular flexibility index (Phi) is 3.16. The molecule has 22 heavy (non-hydrogen) atoms. The number of aromatic nitrogens is 3. The number of fused-ring (bicyclic) bond motifs is 1. The third kappa shape index (κ3) is 2.38. The molecule has 0 bridgehead atoms. The summed E-state index contributed by atoms with van der Waals surface area (Å²) in [5.41, 5.74) is 5.32. The first kappa shape index (κ1) is 13.1. The molecule has 0 atom stereocenters. The van der Waals surface area contributed by atoms with Crippen LogP contribution >= 0.6 is 11.3 Å². The van der Waals surface area contributed by atoms with Crippen molar-refractivity contribution < 1.29 is 0 Å². The Hall–Kier alpha value is -2.59. The minimum atomic E-state index is 0.926. The Balaban J connectivity index is 1.80. The molecule has 0 saturated carbocycles. The topological polar surface area (TPSA) is 38.7 Å². The highest BCUT2D eigenvalue weighted by molar-refractivity contribution is 7.21. The fourth-order valence-corrected chi connectivity index (χ4v) is 3.27. The van der Waals surface area contributed by atoms with Gasteiger partial charge in [-0.15, -0.1) is 11.3 Å². The first-order valence-corrected chi connectivity index (χ1v) is 7.85. The van der Waals surface area contributed by atoms with Gasteiger partial charge in [0.1, 0.15) is 5.01 Å². The normalized spacial score (nSPS) is 11.0.